The molecule has 4 rings (SSSR count). The number of benzene rings is 2. The summed E-state index contributed by atoms with van der Waals surface area (Å²) in [6.07, 6.45) is 5.02. The first-order valence-electron chi connectivity index (χ1n) is 7.91. The Kier molecular flexibility index (Phi) is 3.79. The van der Waals surface area contributed by atoms with Gasteiger partial charge in [-0.3, -0.25) is 9.69 Å². The van der Waals surface area contributed by atoms with E-state index in [4.69, 9.17) is 9.47 Å². The Morgan fingerprint density at radius 3 is 2.75 bits per heavy atom. The number of rotatable bonds is 4. The van der Waals surface area contributed by atoms with Crippen molar-refractivity contribution in [2.75, 3.05) is 6.54 Å². The lowest BCUT2D eigenvalue weighted by Crippen LogP contribution is -2.40. The second kappa shape index (κ2) is 6.24. The van der Waals surface area contributed by atoms with Crippen LogP contribution in [0.1, 0.15) is 11.1 Å². The molecule has 0 fully saturated rings. The quantitative estimate of drug-likeness (QED) is 0.867. The summed E-state index contributed by atoms with van der Waals surface area (Å²) >= 11 is 0. The van der Waals surface area contributed by atoms with Crippen LogP contribution < -0.4 is 4.74 Å². The van der Waals surface area contributed by atoms with E-state index < -0.39 is 6.23 Å². The number of ether oxygens (including phenoxy) is 2. The van der Waals surface area contributed by atoms with Crippen molar-refractivity contribution in [1.29, 1.82) is 0 Å². The largest absolute Gasteiger partial charge is 0.491 e. The van der Waals surface area contributed by atoms with Gasteiger partial charge in [0.05, 0.1) is 6.54 Å². The molecule has 2 aromatic carbocycles. The van der Waals surface area contributed by atoms with Gasteiger partial charge in [-0.25, -0.2) is 0 Å². The predicted octanol–water partition coefficient (Wildman–Crippen LogP) is 3.36. The third-order valence-corrected chi connectivity index (χ3v) is 4.08. The summed E-state index contributed by atoms with van der Waals surface area (Å²) in [5.74, 6) is 1.36. The van der Waals surface area contributed by atoms with E-state index >= 15 is 0 Å². The first-order chi connectivity index (χ1) is 11.8. The van der Waals surface area contributed by atoms with Gasteiger partial charge in [0.1, 0.15) is 18.1 Å². The molecule has 4 nitrogen and oxygen atoms in total. The molecule has 0 saturated heterocycles. The highest BCUT2D eigenvalue weighted by atomic mass is 16.5. The Morgan fingerprint density at radius 1 is 1.08 bits per heavy atom. The van der Waals surface area contributed by atoms with Crippen LogP contribution in [-0.4, -0.2) is 23.6 Å². The molecule has 0 N–H and O–H groups in total. The maximum Gasteiger partial charge on any atom is 0.253 e. The highest BCUT2D eigenvalue weighted by Crippen LogP contribution is 2.28. The summed E-state index contributed by atoms with van der Waals surface area (Å²) < 4.78 is 11.7. The van der Waals surface area contributed by atoms with Crippen molar-refractivity contribution in [3.8, 4) is 5.75 Å². The minimum Gasteiger partial charge on any atom is -0.491 e. The Labute approximate surface area is 140 Å². The molecule has 1 unspecified atom stereocenters. The van der Waals surface area contributed by atoms with Crippen molar-refractivity contribution < 1.29 is 14.3 Å². The minimum absolute atomic E-state index is 0.0907. The Bertz CT molecular complexity index is 811. The van der Waals surface area contributed by atoms with Crippen LogP contribution in [0.5, 0.6) is 5.75 Å². The minimum atomic E-state index is -0.401. The number of amides is 1. The molecule has 4 heteroatoms. The molecule has 1 amide bonds. The zero-order valence-corrected chi connectivity index (χ0v) is 13.1. The van der Waals surface area contributed by atoms with Crippen molar-refractivity contribution in [3.63, 3.8) is 0 Å². The van der Waals surface area contributed by atoms with Crippen LogP contribution in [0.3, 0.4) is 0 Å². The lowest BCUT2D eigenvalue weighted by molar-refractivity contribution is -0.130. The third-order valence-electron chi connectivity index (χ3n) is 4.08. The fourth-order valence-electron chi connectivity index (χ4n) is 2.81. The number of fused-ring (bicyclic) bond motifs is 1. The molecule has 0 aromatic heterocycles. The summed E-state index contributed by atoms with van der Waals surface area (Å²) in [5, 5.41) is 0. The number of hydrogen-bond acceptors (Lipinski definition) is 3. The molecule has 0 radical (unpaired) electrons. The van der Waals surface area contributed by atoms with E-state index in [2.05, 4.69) is 0 Å². The van der Waals surface area contributed by atoms with E-state index in [1.807, 2.05) is 66.7 Å². The average Bonchev–Trinajstić information content (AvgIpc) is 3.01. The van der Waals surface area contributed by atoms with Crippen LogP contribution in [0.15, 0.2) is 72.5 Å². The SMILES string of the molecule is O=C1C=C(OCc2ccccc2)CN1C1C=Cc2ccccc2O1. The number of nitrogens with zero attached hydrogens (tertiary/aromatic N) is 1. The smallest absolute Gasteiger partial charge is 0.253 e. The van der Waals surface area contributed by atoms with Gasteiger partial charge in [0, 0.05) is 11.6 Å². The summed E-state index contributed by atoms with van der Waals surface area (Å²) in [4.78, 5) is 13.9. The van der Waals surface area contributed by atoms with Gasteiger partial charge in [0.15, 0.2) is 6.23 Å². The maximum absolute atomic E-state index is 12.3. The zero-order valence-electron chi connectivity index (χ0n) is 13.1. The van der Waals surface area contributed by atoms with Gasteiger partial charge >= 0.3 is 0 Å². The molecule has 0 aliphatic carbocycles. The van der Waals surface area contributed by atoms with E-state index in [0.29, 0.717) is 18.9 Å². The molecule has 24 heavy (non-hydrogen) atoms. The van der Waals surface area contributed by atoms with Crippen LogP contribution in [0.2, 0.25) is 0 Å². The van der Waals surface area contributed by atoms with Gasteiger partial charge in [0.25, 0.3) is 5.91 Å². The van der Waals surface area contributed by atoms with Gasteiger partial charge in [0.2, 0.25) is 0 Å². The average molecular weight is 319 g/mol. The van der Waals surface area contributed by atoms with E-state index in [1.165, 1.54) is 0 Å². The Morgan fingerprint density at radius 2 is 1.88 bits per heavy atom. The molecular formula is C20H17NO3. The van der Waals surface area contributed by atoms with E-state index in [1.54, 1.807) is 11.0 Å². The van der Waals surface area contributed by atoms with Crippen LogP contribution in [0.4, 0.5) is 0 Å². The number of hydrogen-bond donors (Lipinski definition) is 0. The topological polar surface area (TPSA) is 38.8 Å². The fourth-order valence-corrected chi connectivity index (χ4v) is 2.81. The first-order valence-corrected chi connectivity index (χ1v) is 7.91. The number of carbonyl (C=O) groups is 1. The monoisotopic (exact) mass is 319 g/mol. The Balaban J connectivity index is 1.40. The molecule has 0 saturated carbocycles. The van der Waals surface area contributed by atoms with Crippen LogP contribution in [-0.2, 0) is 16.1 Å². The van der Waals surface area contributed by atoms with E-state index in [9.17, 15) is 4.79 Å². The van der Waals surface area contributed by atoms with E-state index in [0.717, 1.165) is 16.9 Å². The molecule has 120 valence electrons. The van der Waals surface area contributed by atoms with Gasteiger partial charge in [-0.05, 0) is 23.8 Å². The molecule has 2 aliphatic rings. The molecular weight excluding hydrogens is 302 g/mol. The molecule has 0 bridgehead atoms. The number of para-hydroxylation sites is 1. The lowest BCUT2D eigenvalue weighted by atomic mass is 10.1. The summed E-state index contributed by atoms with van der Waals surface area (Å²) in [7, 11) is 0. The summed E-state index contributed by atoms with van der Waals surface area (Å²) in [5.41, 5.74) is 2.10. The van der Waals surface area contributed by atoms with Crippen molar-refractivity contribution >= 4 is 12.0 Å². The zero-order chi connectivity index (χ0) is 16.4. The van der Waals surface area contributed by atoms with Crippen molar-refractivity contribution in [3.05, 3.63) is 83.6 Å². The first kappa shape index (κ1) is 14.6. The second-order valence-corrected chi connectivity index (χ2v) is 5.76. The van der Waals surface area contributed by atoms with Crippen LogP contribution >= 0.6 is 0 Å². The fraction of sp³-hybridized carbons (Fsp3) is 0.150. The van der Waals surface area contributed by atoms with Gasteiger partial charge in [-0.15, -0.1) is 0 Å². The Hall–Kier alpha value is -3.01. The van der Waals surface area contributed by atoms with Crippen LogP contribution in [0, 0.1) is 0 Å². The molecule has 2 aromatic rings. The lowest BCUT2D eigenvalue weighted by Gasteiger charge is -2.29. The highest BCUT2D eigenvalue weighted by Gasteiger charge is 2.31. The standard InChI is InChI=1S/C20H17NO3/c22-19-12-17(23-14-15-6-2-1-3-7-15)13-21(19)20-11-10-16-8-4-5-9-18(16)24-20/h1-12,20H,13-14H2. The molecule has 2 heterocycles. The van der Waals surface area contributed by atoms with Gasteiger partial charge in [-0.1, -0.05) is 48.5 Å². The second-order valence-electron chi connectivity index (χ2n) is 5.76. The van der Waals surface area contributed by atoms with Crippen molar-refractivity contribution in [2.24, 2.45) is 0 Å². The predicted molar refractivity (Wildman–Crippen MR) is 90.9 cm³/mol. The third kappa shape index (κ3) is 2.91. The molecule has 0 spiro atoms. The summed E-state index contributed by atoms with van der Waals surface area (Å²) in [6.45, 7) is 0.876. The summed E-state index contributed by atoms with van der Waals surface area (Å²) in [6, 6.07) is 17.7. The van der Waals surface area contributed by atoms with Crippen LogP contribution in [0.25, 0.3) is 6.08 Å². The van der Waals surface area contributed by atoms with Gasteiger partial charge in [-0.2, -0.15) is 0 Å². The van der Waals surface area contributed by atoms with Gasteiger partial charge < -0.3 is 9.47 Å². The number of carbonyl (C=O) groups excluding carboxylic acids is 1. The highest BCUT2D eigenvalue weighted by molar-refractivity contribution is 5.91. The van der Waals surface area contributed by atoms with Crippen molar-refractivity contribution in [2.45, 2.75) is 12.8 Å². The molecule has 2 aliphatic heterocycles. The normalized spacial score (nSPS) is 18.8. The molecule has 1 atom stereocenters. The maximum atomic E-state index is 12.3. The van der Waals surface area contributed by atoms with Crippen molar-refractivity contribution in [1.82, 2.24) is 4.90 Å². The van der Waals surface area contributed by atoms with E-state index in [-0.39, 0.29) is 5.91 Å².